The van der Waals surface area contributed by atoms with Crippen molar-refractivity contribution in [1.29, 1.82) is 0 Å². The van der Waals surface area contributed by atoms with Gasteiger partial charge in [0.25, 0.3) is 0 Å². The Morgan fingerprint density at radius 3 is 2.06 bits per heavy atom. The lowest BCUT2D eigenvalue weighted by atomic mass is 9.95. The molecule has 1 rings (SSSR count). The Bertz CT molecular complexity index is 380. The van der Waals surface area contributed by atoms with Crippen LogP contribution in [0.2, 0.25) is 0 Å². The maximum atomic E-state index is 5.30. The maximum absolute atomic E-state index is 5.30. The second kappa shape index (κ2) is 6.92. The van der Waals surface area contributed by atoms with Crippen LogP contribution in [0.15, 0.2) is 21.1 Å². The highest BCUT2D eigenvalue weighted by Gasteiger charge is 2.18. The zero-order valence-corrected chi connectivity index (χ0v) is 14.6. The van der Waals surface area contributed by atoms with Gasteiger partial charge in [0.05, 0.1) is 16.1 Å². The number of methoxy groups -OCH3 is 1. The molecule has 0 saturated carbocycles. The topological polar surface area (TPSA) is 21.3 Å². The van der Waals surface area contributed by atoms with Crippen molar-refractivity contribution < 1.29 is 4.74 Å². The van der Waals surface area contributed by atoms with Gasteiger partial charge in [-0.2, -0.15) is 0 Å². The molecule has 0 fully saturated rings. The lowest BCUT2D eigenvalue weighted by molar-refractivity contribution is 0.329. The summed E-state index contributed by atoms with van der Waals surface area (Å²) in [4.78, 5) is 0. The summed E-state index contributed by atoms with van der Waals surface area (Å²) < 4.78 is 7.26. The predicted molar refractivity (Wildman–Crippen MR) is 84.2 cm³/mol. The molecule has 4 heteroatoms. The molecule has 102 valence electrons. The third-order valence-corrected chi connectivity index (χ3v) is 4.72. The molecule has 0 amide bonds. The summed E-state index contributed by atoms with van der Waals surface area (Å²) in [5.74, 6) is 0.840. The number of ether oxygens (including phenoxy) is 1. The van der Waals surface area contributed by atoms with Gasteiger partial charge in [-0.3, -0.25) is 0 Å². The van der Waals surface area contributed by atoms with Crippen molar-refractivity contribution in [2.45, 2.75) is 45.7 Å². The minimum Gasteiger partial charge on any atom is -0.494 e. The number of nitrogens with one attached hydrogen (secondary N) is 1. The van der Waals surface area contributed by atoms with Crippen molar-refractivity contribution in [1.82, 2.24) is 5.32 Å². The summed E-state index contributed by atoms with van der Waals surface area (Å²) in [6, 6.07) is 4.20. The van der Waals surface area contributed by atoms with Crippen LogP contribution in [-0.2, 0) is 6.54 Å². The average molecular weight is 379 g/mol. The van der Waals surface area contributed by atoms with Gasteiger partial charge in [0.1, 0.15) is 5.75 Å². The van der Waals surface area contributed by atoms with Crippen LogP contribution < -0.4 is 10.1 Å². The van der Waals surface area contributed by atoms with Crippen molar-refractivity contribution in [3.63, 3.8) is 0 Å². The highest BCUT2D eigenvalue weighted by Crippen LogP contribution is 2.34. The molecule has 0 aromatic heterocycles. The minimum atomic E-state index is 0.207. The van der Waals surface area contributed by atoms with Gasteiger partial charge in [-0.15, -0.1) is 0 Å². The Morgan fingerprint density at radius 2 is 1.67 bits per heavy atom. The van der Waals surface area contributed by atoms with E-state index in [9.17, 15) is 0 Å². The zero-order valence-electron chi connectivity index (χ0n) is 11.4. The van der Waals surface area contributed by atoms with Gasteiger partial charge >= 0.3 is 0 Å². The molecular formula is C14H21Br2NO. The van der Waals surface area contributed by atoms with Crippen molar-refractivity contribution in [3.05, 3.63) is 26.6 Å². The Hall–Kier alpha value is -0.0600. The van der Waals surface area contributed by atoms with Crippen LogP contribution in [0.25, 0.3) is 0 Å². The quantitative estimate of drug-likeness (QED) is 0.760. The Balaban J connectivity index is 2.81. The van der Waals surface area contributed by atoms with Crippen LogP contribution in [0, 0.1) is 0 Å². The van der Waals surface area contributed by atoms with E-state index < -0.39 is 0 Å². The van der Waals surface area contributed by atoms with Crippen LogP contribution in [0.4, 0.5) is 0 Å². The smallest absolute Gasteiger partial charge is 0.147 e. The highest BCUT2D eigenvalue weighted by molar-refractivity contribution is 9.11. The molecule has 1 aromatic carbocycles. The maximum Gasteiger partial charge on any atom is 0.147 e. The van der Waals surface area contributed by atoms with Gasteiger partial charge < -0.3 is 10.1 Å². The van der Waals surface area contributed by atoms with Gasteiger partial charge in [-0.1, -0.05) is 13.8 Å². The van der Waals surface area contributed by atoms with Crippen LogP contribution in [-0.4, -0.2) is 12.6 Å². The van der Waals surface area contributed by atoms with E-state index in [1.165, 1.54) is 5.56 Å². The largest absolute Gasteiger partial charge is 0.494 e. The Labute approximate surface area is 127 Å². The molecule has 0 bridgehead atoms. The fourth-order valence-electron chi connectivity index (χ4n) is 1.72. The highest BCUT2D eigenvalue weighted by atomic mass is 79.9. The lowest BCUT2D eigenvalue weighted by Gasteiger charge is -2.28. The number of hydrogen-bond donors (Lipinski definition) is 1. The lowest BCUT2D eigenvalue weighted by Crippen LogP contribution is -2.40. The predicted octanol–water partition coefficient (Wildman–Crippen LogP) is 4.89. The number of rotatable bonds is 6. The standard InChI is InChI=1S/C14H21Br2NO/c1-5-14(3,6-2)17-9-10-7-11(15)13(18-4)12(16)8-10/h7-8,17H,5-6,9H2,1-4H3. The number of halogens is 2. The second-order valence-corrected chi connectivity index (χ2v) is 6.42. The molecule has 0 heterocycles. The summed E-state index contributed by atoms with van der Waals surface area (Å²) in [5.41, 5.74) is 1.45. The van der Waals surface area contributed by atoms with E-state index in [0.29, 0.717) is 0 Å². The molecule has 2 nitrogen and oxygen atoms in total. The summed E-state index contributed by atoms with van der Waals surface area (Å²) in [5, 5.41) is 3.62. The fourth-order valence-corrected chi connectivity index (χ4v) is 3.33. The molecule has 1 N–H and O–H groups in total. The first-order valence-electron chi connectivity index (χ1n) is 6.22. The first kappa shape index (κ1) is 16.0. The van der Waals surface area contributed by atoms with E-state index >= 15 is 0 Å². The molecular weight excluding hydrogens is 358 g/mol. The normalized spacial score (nSPS) is 11.7. The SMILES string of the molecule is CCC(C)(CC)NCc1cc(Br)c(OC)c(Br)c1. The van der Waals surface area contributed by atoms with Crippen LogP contribution in [0.1, 0.15) is 39.2 Å². The van der Waals surface area contributed by atoms with Crippen LogP contribution in [0.5, 0.6) is 5.75 Å². The van der Waals surface area contributed by atoms with Crippen molar-refractivity contribution in [3.8, 4) is 5.75 Å². The van der Waals surface area contributed by atoms with Crippen molar-refractivity contribution >= 4 is 31.9 Å². The molecule has 0 spiro atoms. The number of benzene rings is 1. The third-order valence-electron chi connectivity index (χ3n) is 3.54. The fraction of sp³-hybridized carbons (Fsp3) is 0.571. The first-order valence-corrected chi connectivity index (χ1v) is 7.81. The summed E-state index contributed by atoms with van der Waals surface area (Å²) in [7, 11) is 1.67. The molecule has 1 aromatic rings. The van der Waals surface area contributed by atoms with E-state index in [2.05, 4.69) is 70.1 Å². The average Bonchev–Trinajstić information content (AvgIpc) is 2.36. The van der Waals surface area contributed by atoms with Gasteiger partial charge in [-0.05, 0) is 69.3 Å². The van der Waals surface area contributed by atoms with Crippen LogP contribution in [0.3, 0.4) is 0 Å². The number of hydrogen-bond acceptors (Lipinski definition) is 2. The van der Waals surface area contributed by atoms with E-state index in [-0.39, 0.29) is 5.54 Å². The molecule has 18 heavy (non-hydrogen) atoms. The van der Waals surface area contributed by atoms with Gasteiger partial charge in [0, 0.05) is 12.1 Å². The summed E-state index contributed by atoms with van der Waals surface area (Å²) in [6.45, 7) is 7.56. The van der Waals surface area contributed by atoms with Crippen molar-refractivity contribution in [2.75, 3.05) is 7.11 Å². The Morgan fingerprint density at radius 1 is 1.17 bits per heavy atom. The zero-order chi connectivity index (χ0) is 13.8. The molecule has 0 aliphatic heterocycles. The van der Waals surface area contributed by atoms with E-state index in [1.807, 2.05) is 0 Å². The van der Waals surface area contributed by atoms with Gasteiger partial charge in [0.2, 0.25) is 0 Å². The Kier molecular flexibility index (Phi) is 6.15. The van der Waals surface area contributed by atoms with E-state index in [1.54, 1.807) is 7.11 Å². The second-order valence-electron chi connectivity index (χ2n) is 4.71. The monoisotopic (exact) mass is 377 g/mol. The summed E-state index contributed by atoms with van der Waals surface area (Å²) in [6.07, 6.45) is 2.25. The molecule has 0 saturated heterocycles. The molecule has 0 aliphatic carbocycles. The van der Waals surface area contributed by atoms with Gasteiger partial charge in [-0.25, -0.2) is 0 Å². The summed E-state index contributed by atoms with van der Waals surface area (Å²) >= 11 is 7.06. The molecule has 0 unspecified atom stereocenters. The molecule has 0 aliphatic rings. The minimum absolute atomic E-state index is 0.207. The van der Waals surface area contributed by atoms with Crippen LogP contribution >= 0.6 is 31.9 Å². The molecule has 0 atom stereocenters. The molecule has 0 radical (unpaired) electrons. The van der Waals surface area contributed by atoms with Gasteiger partial charge in [0.15, 0.2) is 0 Å². The third kappa shape index (κ3) is 3.97. The van der Waals surface area contributed by atoms with E-state index in [4.69, 9.17) is 4.74 Å². The first-order chi connectivity index (χ1) is 8.45. The van der Waals surface area contributed by atoms with Crippen molar-refractivity contribution in [2.24, 2.45) is 0 Å². The van der Waals surface area contributed by atoms with E-state index in [0.717, 1.165) is 34.1 Å².